The second-order valence-corrected chi connectivity index (χ2v) is 8.71. The fraction of sp³-hybridized carbons (Fsp3) is 0.0968. The summed E-state index contributed by atoms with van der Waals surface area (Å²) in [5, 5.41) is 5.98. The number of fused-ring (bicyclic) bond motifs is 1. The highest BCUT2D eigenvalue weighted by Crippen LogP contribution is 2.29. The van der Waals surface area contributed by atoms with Crippen LogP contribution in [-0.2, 0) is 13.1 Å². The number of nitrogens with one attached hydrogen (secondary N) is 1. The van der Waals surface area contributed by atoms with Crippen LogP contribution in [0.1, 0.15) is 22.9 Å². The topological polar surface area (TPSA) is 64.1 Å². The predicted molar refractivity (Wildman–Crippen MR) is 143 cm³/mol. The molecule has 3 nitrogen and oxygen atoms in total. The van der Waals surface area contributed by atoms with E-state index in [0.29, 0.717) is 0 Å². The van der Waals surface area contributed by atoms with E-state index in [2.05, 4.69) is 102 Å². The molecular weight excluding hydrogens is 414 g/mol. The normalized spacial score (nSPS) is 11.3. The number of rotatable bonds is 7. The lowest BCUT2D eigenvalue weighted by Crippen LogP contribution is -2.19. The highest BCUT2D eigenvalue weighted by atomic mass is 14.8. The van der Waals surface area contributed by atoms with Crippen LogP contribution < -0.4 is 16.8 Å². The Morgan fingerprint density at radius 3 is 1.56 bits per heavy atom. The van der Waals surface area contributed by atoms with Crippen molar-refractivity contribution in [2.24, 2.45) is 11.5 Å². The molecule has 0 aliphatic rings. The predicted octanol–water partition coefficient (Wildman–Crippen LogP) is 6.38. The lowest BCUT2D eigenvalue weighted by Gasteiger charge is -2.10. The van der Waals surface area contributed by atoms with Crippen molar-refractivity contribution < 1.29 is 0 Å². The fourth-order valence-electron chi connectivity index (χ4n) is 4.27. The Morgan fingerprint density at radius 2 is 1.00 bits per heavy atom. The van der Waals surface area contributed by atoms with Crippen molar-refractivity contribution in [3.8, 4) is 22.3 Å². The molecule has 0 unspecified atom stereocenters. The first-order chi connectivity index (χ1) is 16.7. The number of hydrogen-bond acceptors (Lipinski definition) is 3. The van der Waals surface area contributed by atoms with Crippen molar-refractivity contribution in [1.82, 2.24) is 5.32 Å². The van der Waals surface area contributed by atoms with Crippen LogP contribution in [0, 0.1) is 0 Å². The maximum absolute atomic E-state index is 5.78. The van der Waals surface area contributed by atoms with Crippen LogP contribution >= 0.6 is 0 Å². The van der Waals surface area contributed by atoms with Crippen molar-refractivity contribution in [2.45, 2.75) is 19.3 Å². The van der Waals surface area contributed by atoms with Crippen LogP contribution in [0.4, 0.5) is 0 Å². The summed E-state index contributed by atoms with van der Waals surface area (Å²) >= 11 is 0. The van der Waals surface area contributed by atoms with E-state index in [-0.39, 0.29) is 0 Å². The van der Waals surface area contributed by atoms with E-state index in [4.69, 9.17) is 11.5 Å². The molecule has 0 fully saturated rings. The second-order valence-electron chi connectivity index (χ2n) is 8.71. The highest BCUT2D eigenvalue weighted by molar-refractivity contribution is 5.91. The van der Waals surface area contributed by atoms with Crippen LogP contribution in [0.3, 0.4) is 0 Å². The van der Waals surface area contributed by atoms with Crippen molar-refractivity contribution >= 4 is 10.8 Å². The van der Waals surface area contributed by atoms with Crippen LogP contribution in [0.2, 0.25) is 0 Å². The summed E-state index contributed by atoms with van der Waals surface area (Å²) in [5.74, 6) is 0. The molecular formula is C31H29N3. The molecule has 5 rings (SSSR count). The molecule has 5 aromatic rings. The summed E-state index contributed by atoms with van der Waals surface area (Å²) in [5.41, 5.74) is 19.9. The average Bonchev–Trinajstić information content (AvgIpc) is 2.89. The molecule has 0 aromatic heterocycles. The maximum atomic E-state index is 5.78. The van der Waals surface area contributed by atoms with Gasteiger partial charge in [0.05, 0.1) is 6.17 Å². The highest BCUT2D eigenvalue weighted by Gasteiger charge is 2.05. The monoisotopic (exact) mass is 443 g/mol. The minimum Gasteiger partial charge on any atom is -0.312 e. The van der Waals surface area contributed by atoms with Gasteiger partial charge in [0.15, 0.2) is 0 Å². The number of benzene rings is 5. The van der Waals surface area contributed by atoms with Crippen LogP contribution in [0.25, 0.3) is 33.0 Å². The van der Waals surface area contributed by atoms with Gasteiger partial charge in [-0.05, 0) is 61.8 Å². The first-order valence-electron chi connectivity index (χ1n) is 11.6. The summed E-state index contributed by atoms with van der Waals surface area (Å²) in [6, 6.07) is 40.7. The van der Waals surface area contributed by atoms with Crippen LogP contribution in [0.15, 0.2) is 115 Å². The molecule has 0 amide bonds. The summed E-state index contributed by atoms with van der Waals surface area (Å²) < 4.78 is 0. The zero-order valence-corrected chi connectivity index (χ0v) is 19.1. The minimum atomic E-state index is -0.445. The quantitative estimate of drug-likeness (QED) is 0.256. The Hall–Kier alpha value is -3.76. The zero-order valence-electron chi connectivity index (χ0n) is 19.1. The largest absolute Gasteiger partial charge is 0.312 e. The lowest BCUT2D eigenvalue weighted by atomic mass is 9.96. The summed E-state index contributed by atoms with van der Waals surface area (Å²) in [4.78, 5) is 0. The van der Waals surface area contributed by atoms with E-state index in [1.807, 2.05) is 18.2 Å². The minimum absolute atomic E-state index is 0.445. The summed E-state index contributed by atoms with van der Waals surface area (Å²) in [7, 11) is 0. The molecule has 168 valence electrons. The second kappa shape index (κ2) is 10.0. The first kappa shape index (κ1) is 22.1. The van der Waals surface area contributed by atoms with Crippen LogP contribution in [-0.4, -0.2) is 0 Å². The van der Waals surface area contributed by atoms with E-state index in [9.17, 15) is 0 Å². The van der Waals surface area contributed by atoms with Crippen molar-refractivity contribution in [3.05, 3.63) is 132 Å². The Labute approximate surface area is 201 Å². The number of hydrogen-bond donors (Lipinski definition) is 3. The molecule has 0 atom stereocenters. The Morgan fingerprint density at radius 1 is 0.500 bits per heavy atom. The molecule has 34 heavy (non-hydrogen) atoms. The summed E-state index contributed by atoms with van der Waals surface area (Å²) in [6.07, 6.45) is -0.445. The Bertz CT molecular complexity index is 1370. The molecule has 5 N–H and O–H groups in total. The zero-order chi connectivity index (χ0) is 23.3. The SMILES string of the molecule is NC(N)c1ccc(-c2ccc3ccc(-c4ccc(CNCc5ccccc5)cc4)cc3c2)cc1. The fourth-order valence-corrected chi connectivity index (χ4v) is 4.27. The molecule has 0 saturated carbocycles. The van der Waals surface area contributed by atoms with Crippen molar-refractivity contribution in [3.63, 3.8) is 0 Å². The molecule has 5 aromatic carbocycles. The van der Waals surface area contributed by atoms with E-state index < -0.39 is 6.17 Å². The van der Waals surface area contributed by atoms with Gasteiger partial charge in [-0.2, -0.15) is 0 Å². The summed E-state index contributed by atoms with van der Waals surface area (Å²) in [6.45, 7) is 1.72. The third kappa shape index (κ3) is 5.08. The van der Waals surface area contributed by atoms with Gasteiger partial charge in [0, 0.05) is 13.1 Å². The molecule has 0 bridgehead atoms. The molecule has 0 radical (unpaired) electrons. The smallest absolute Gasteiger partial charge is 0.0784 e. The van der Waals surface area contributed by atoms with Gasteiger partial charge in [0.25, 0.3) is 0 Å². The standard InChI is InChI=1S/C31H29N3/c32-31(33)27-14-10-25(11-15-27)29-17-13-26-12-16-28(18-30(26)19-29)24-8-6-23(7-9-24)21-34-20-22-4-2-1-3-5-22/h1-19,31,34H,20-21,32-33H2. The molecule has 0 aliphatic heterocycles. The molecule has 0 heterocycles. The third-order valence-corrected chi connectivity index (χ3v) is 6.26. The third-order valence-electron chi connectivity index (χ3n) is 6.26. The van der Waals surface area contributed by atoms with Gasteiger partial charge in [-0.1, -0.05) is 103 Å². The van der Waals surface area contributed by atoms with Gasteiger partial charge in [-0.25, -0.2) is 0 Å². The van der Waals surface area contributed by atoms with Gasteiger partial charge in [0.2, 0.25) is 0 Å². The van der Waals surface area contributed by atoms with E-state index in [1.165, 1.54) is 38.6 Å². The molecule has 3 heteroatoms. The van der Waals surface area contributed by atoms with Crippen LogP contribution in [0.5, 0.6) is 0 Å². The Balaban J connectivity index is 1.32. The van der Waals surface area contributed by atoms with Gasteiger partial charge in [-0.3, -0.25) is 0 Å². The van der Waals surface area contributed by atoms with Crippen molar-refractivity contribution in [2.75, 3.05) is 0 Å². The van der Waals surface area contributed by atoms with Gasteiger partial charge >= 0.3 is 0 Å². The van der Waals surface area contributed by atoms with E-state index >= 15 is 0 Å². The van der Waals surface area contributed by atoms with Gasteiger partial charge in [-0.15, -0.1) is 0 Å². The Kier molecular flexibility index (Phi) is 6.50. The van der Waals surface area contributed by atoms with Gasteiger partial charge < -0.3 is 16.8 Å². The maximum Gasteiger partial charge on any atom is 0.0784 e. The molecule has 0 aliphatic carbocycles. The molecule has 0 saturated heterocycles. The van der Waals surface area contributed by atoms with E-state index in [1.54, 1.807) is 0 Å². The van der Waals surface area contributed by atoms with Gasteiger partial charge in [0.1, 0.15) is 0 Å². The lowest BCUT2D eigenvalue weighted by molar-refractivity contribution is 0.693. The number of nitrogens with two attached hydrogens (primary N) is 2. The average molecular weight is 444 g/mol. The molecule has 0 spiro atoms. The first-order valence-corrected chi connectivity index (χ1v) is 11.6. The van der Waals surface area contributed by atoms with Crippen molar-refractivity contribution in [1.29, 1.82) is 0 Å². The van der Waals surface area contributed by atoms with E-state index in [0.717, 1.165) is 24.2 Å².